The molecule has 1 aromatic rings. The van der Waals surface area contributed by atoms with Gasteiger partial charge in [0.05, 0.1) is 4.92 Å². The predicted molar refractivity (Wildman–Crippen MR) is 80.8 cm³/mol. The Kier molecular flexibility index (Phi) is 5.05. The van der Waals surface area contributed by atoms with Gasteiger partial charge in [0.15, 0.2) is 0 Å². The Hall–Kier alpha value is -2.21. The molecule has 1 aliphatic heterocycles. The van der Waals surface area contributed by atoms with Crippen LogP contribution in [0.5, 0.6) is 0 Å². The molecule has 1 heterocycles. The summed E-state index contributed by atoms with van der Waals surface area (Å²) in [5.41, 5.74) is 0.669. The van der Waals surface area contributed by atoms with Gasteiger partial charge in [-0.15, -0.1) is 0 Å². The highest BCUT2D eigenvalue weighted by Crippen LogP contribution is 2.15. The van der Waals surface area contributed by atoms with Crippen LogP contribution >= 0.6 is 0 Å². The summed E-state index contributed by atoms with van der Waals surface area (Å²) in [5.74, 6) is -0.0878. The highest BCUT2D eigenvalue weighted by atomic mass is 16.6. The molecule has 0 saturated carbocycles. The van der Waals surface area contributed by atoms with Crippen LogP contribution in [-0.2, 0) is 4.79 Å². The second kappa shape index (κ2) is 6.99. The Morgan fingerprint density at radius 1 is 1.52 bits per heavy atom. The number of nitro benzene ring substituents is 1. The first kappa shape index (κ1) is 15.2. The van der Waals surface area contributed by atoms with Crippen LogP contribution < -0.4 is 5.32 Å². The molecule has 1 N–H and O–H groups in total. The minimum Gasteiger partial charge on any atom is -0.338 e. The Morgan fingerprint density at radius 3 is 3.00 bits per heavy atom. The van der Waals surface area contributed by atoms with E-state index in [4.69, 9.17) is 0 Å². The van der Waals surface area contributed by atoms with Crippen molar-refractivity contribution in [1.29, 1.82) is 0 Å². The third kappa shape index (κ3) is 4.13. The molecular weight excluding hydrogens is 270 g/mol. The van der Waals surface area contributed by atoms with E-state index in [1.54, 1.807) is 30.2 Å². The van der Waals surface area contributed by atoms with Gasteiger partial charge in [0.2, 0.25) is 5.91 Å². The molecule has 1 atom stereocenters. The molecule has 21 heavy (non-hydrogen) atoms. The van der Waals surface area contributed by atoms with Crippen molar-refractivity contribution in [3.05, 3.63) is 46.0 Å². The summed E-state index contributed by atoms with van der Waals surface area (Å²) in [6.45, 7) is 1.81. The number of benzene rings is 1. The second-order valence-corrected chi connectivity index (χ2v) is 5.13. The average Bonchev–Trinajstić information content (AvgIpc) is 2.53. The van der Waals surface area contributed by atoms with E-state index in [2.05, 4.69) is 5.32 Å². The average molecular weight is 289 g/mol. The number of carbonyl (C=O) groups is 1. The number of non-ortho nitro benzene ring substituents is 1. The molecule has 1 fully saturated rings. The van der Waals surface area contributed by atoms with Crippen molar-refractivity contribution in [1.82, 2.24) is 10.2 Å². The Labute approximate surface area is 123 Å². The minimum atomic E-state index is -0.445. The Morgan fingerprint density at radius 2 is 2.33 bits per heavy atom. The number of hydrogen-bond acceptors (Lipinski definition) is 4. The number of carbonyl (C=O) groups excluding carboxylic acids is 1. The van der Waals surface area contributed by atoms with Crippen LogP contribution in [-0.4, -0.2) is 41.9 Å². The van der Waals surface area contributed by atoms with E-state index < -0.39 is 4.92 Å². The van der Waals surface area contributed by atoms with Gasteiger partial charge >= 0.3 is 0 Å². The molecule has 1 aromatic carbocycles. The van der Waals surface area contributed by atoms with E-state index in [-0.39, 0.29) is 17.6 Å². The second-order valence-electron chi connectivity index (χ2n) is 5.13. The summed E-state index contributed by atoms with van der Waals surface area (Å²) < 4.78 is 0. The summed E-state index contributed by atoms with van der Waals surface area (Å²) in [7, 11) is 1.79. The van der Waals surface area contributed by atoms with Gasteiger partial charge in [0.1, 0.15) is 0 Å². The van der Waals surface area contributed by atoms with Gasteiger partial charge in [-0.3, -0.25) is 14.9 Å². The van der Waals surface area contributed by atoms with E-state index in [0.29, 0.717) is 5.56 Å². The van der Waals surface area contributed by atoms with Gasteiger partial charge in [0.25, 0.3) is 5.69 Å². The van der Waals surface area contributed by atoms with Crippen molar-refractivity contribution >= 4 is 17.7 Å². The lowest BCUT2D eigenvalue weighted by molar-refractivity contribution is -0.384. The monoisotopic (exact) mass is 289 g/mol. The van der Waals surface area contributed by atoms with Crippen LogP contribution in [0.4, 0.5) is 5.69 Å². The molecule has 0 spiro atoms. The fourth-order valence-electron chi connectivity index (χ4n) is 2.37. The molecule has 112 valence electrons. The molecule has 1 saturated heterocycles. The zero-order chi connectivity index (χ0) is 15.2. The molecule has 0 aliphatic carbocycles. The van der Waals surface area contributed by atoms with Crippen molar-refractivity contribution < 1.29 is 9.72 Å². The van der Waals surface area contributed by atoms with E-state index >= 15 is 0 Å². The van der Waals surface area contributed by atoms with E-state index in [9.17, 15) is 14.9 Å². The third-order valence-electron chi connectivity index (χ3n) is 3.67. The lowest BCUT2D eigenvalue weighted by Crippen LogP contribution is -2.46. The summed E-state index contributed by atoms with van der Waals surface area (Å²) in [5, 5.41) is 14.0. The topological polar surface area (TPSA) is 75.5 Å². The lowest BCUT2D eigenvalue weighted by Gasteiger charge is -2.31. The van der Waals surface area contributed by atoms with Gasteiger partial charge in [0, 0.05) is 37.8 Å². The maximum atomic E-state index is 12.1. The summed E-state index contributed by atoms with van der Waals surface area (Å²) in [6, 6.07) is 6.43. The molecule has 0 aromatic heterocycles. The van der Waals surface area contributed by atoms with Gasteiger partial charge < -0.3 is 10.2 Å². The molecule has 2 rings (SSSR count). The zero-order valence-corrected chi connectivity index (χ0v) is 12.0. The quantitative estimate of drug-likeness (QED) is 0.521. The smallest absolute Gasteiger partial charge is 0.270 e. The SMILES string of the molecule is CN(C(=O)C=Cc1cccc([N+](=O)[O-])c1)C1CCCNC1. The lowest BCUT2D eigenvalue weighted by atomic mass is 10.1. The Bertz CT molecular complexity index is 551. The molecule has 6 heteroatoms. The highest BCUT2D eigenvalue weighted by molar-refractivity contribution is 5.91. The minimum absolute atomic E-state index is 0.0226. The fraction of sp³-hybridized carbons (Fsp3) is 0.400. The highest BCUT2D eigenvalue weighted by Gasteiger charge is 2.20. The van der Waals surface area contributed by atoms with Crippen LogP contribution in [0, 0.1) is 10.1 Å². The van der Waals surface area contributed by atoms with Crippen LogP contribution in [0.15, 0.2) is 30.3 Å². The van der Waals surface area contributed by atoms with Crippen molar-refractivity contribution in [3.63, 3.8) is 0 Å². The summed E-state index contributed by atoms with van der Waals surface area (Å²) in [6.07, 6.45) is 5.15. The molecular formula is C15H19N3O3. The summed E-state index contributed by atoms with van der Waals surface area (Å²) in [4.78, 5) is 24.1. The van der Waals surface area contributed by atoms with Gasteiger partial charge in [-0.05, 0) is 31.0 Å². The first-order valence-corrected chi connectivity index (χ1v) is 6.98. The maximum absolute atomic E-state index is 12.1. The van der Waals surface area contributed by atoms with Crippen molar-refractivity contribution in [3.8, 4) is 0 Å². The van der Waals surface area contributed by atoms with E-state index in [1.807, 2.05) is 0 Å². The summed E-state index contributed by atoms with van der Waals surface area (Å²) >= 11 is 0. The zero-order valence-electron chi connectivity index (χ0n) is 12.0. The van der Waals surface area contributed by atoms with Gasteiger partial charge in [-0.2, -0.15) is 0 Å². The number of likely N-dealkylation sites (N-methyl/N-ethyl adjacent to an activating group) is 1. The molecule has 1 amide bonds. The molecule has 0 bridgehead atoms. The standard InChI is InChI=1S/C15H19N3O3/c1-17(14-6-3-9-16-11-14)15(19)8-7-12-4-2-5-13(10-12)18(20)21/h2,4-5,7-8,10,14,16H,3,6,9,11H2,1H3. The fourth-order valence-corrected chi connectivity index (χ4v) is 2.37. The number of nitrogens with zero attached hydrogens (tertiary/aromatic N) is 2. The van der Waals surface area contributed by atoms with Crippen LogP contribution in [0.2, 0.25) is 0 Å². The normalized spacial score (nSPS) is 18.6. The van der Waals surface area contributed by atoms with Gasteiger partial charge in [-0.1, -0.05) is 12.1 Å². The Balaban J connectivity index is 2.01. The van der Waals surface area contributed by atoms with Gasteiger partial charge in [-0.25, -0.2) is 0 Å². The number of piperidine rings is 1. The number of rotatable bonds is 4. The van der Waals surface area contributed by atoms with E-state index in [0.717, 1.165) is 25.9 Å². The number of nitrogens with one attached hydrogen (secondary N) is 1. The maximum Gasteiger partial charge on any atom is 0.270 e. The molecule has 1 aliphatic rings. The molecule has 6 nitrogen and oxygen atoms in total. The van der Waals surface area contributed by atoms with Crippen molar-refractivity contribution in [2.24, 2.45) is 0 Å². The van der Waals surface area contributed by atoms with Crippen molar-refractivity contribution in [2.45, 2.75) is 18.9 Å². The first-order chi connectivity index (χ1) is 10.1. The van der Waals surface area contributed by atoms with Crippen LogP contribution in [0.1, 0.15) is 18.4 Å². The first-order valence-electron chi connectivity index (χ1n) is 6.98. The predicted octanol–water partition coefficient (Wildman–Crippen LogP) is 1.82. The molecule has 0 radical (unpaired) electrons. The van der Waals surface area contributed by atoms with E-state index in [1.165, 1.54) is 18.2 Å². The number of hydrogen-bond donors (Lipinski definition) is 1. The van der Waals surface area contributed by atoms with Crippen LogP contribution in [0.25, 0.3) is 6.08 Å². The van der Waals surface area contributed by atoms with Crippen molar-refractivity contribution in [2.75, 3.05) is 20.1 Å². The van der Waals surface area contributed by atoms with Crippen LogP contribution in [0.3, 0.4) is 0 Å². The third-order valence-corrected chi connectivity index (χ3v) is 3.67. The number of amides is 1. The largest absolute Gasteiger partial charge is 0.338 e. The molecule has 1 unspecified atom stereocenters. The number of nitro groups is 1.